The third kappa shape index (κ3) is 3.17. The van der Waals surface area contributed by atoms with Gasteiger partial charge in [0.15, 0.2) is 5.82 Å². The van der Waals surface area contributed by atoms with Gasteiger partial charge in [-0.05, 0) is 37.8 Å². The minimum atomic E-state index is -0.738. The van der Waals surface area contributed by atoms with Gasteiger partial charge in [-0.15, -0.1) is 0 Å². The summed E-state index contributed by atoms with van der Waals surface area (Å²) in [6, 6.07) is 4.45. The van der Waals surface area contributed by atoms with Crippen molar-refractivity contribution in [1.29, 1.82) is 0 Å². The fraction of sp³-hybridized carbons (Fsp3) is 0.588. The van der Waals surface area contributed by atoms with E-state index in [2.05, 4.69) is 4.90 Å². The number of methoxy groups -OCH3 is 1. The third-order valence-electron chi connectivity index (χ3n) is 5.45. The second-order valence-electron chi connectivity index (χ2n) is 6.74. The minimum Gasteiger partial charge on any atom is -0.733 e. The van der Waals surface area contributed by atoms with Gasteiger partial charge in [-0.3, -0.25) is 14.9 Å². The van der Waals surface area contributed by atoms with Crippen LogP contribution in [0.3, 0.4) is 0 Å². The van der Waals surface area contributed by atoms with Crippen LogP contribution in [0.1, 0.15) is 25.7 Å². The van der Waals surface area contributed by atoms with Gasteiger partial charge in [-0.25, -0.2) is 4.39 Å². The van der Waals surface area contributed by atoms with Crippen molar-refractivity contribution in [2.75, 3.05) is 37.4 Å². The maximum absolute atomic E-state index is 14.4. The molecule has 1 saturated carbocycles. The highest BCUT2D eigenvalue weighted by Crippen LogP contribution is 2.44. The Morgan fingerprint density at radius 3 is 2.48 bits per heavy atom. The fourth-order valence-corrected chi connectivity index (χ4v) is 3.76. The number of piperidine rings is 1. The largest absolute Gasteiger partial charge is 0.733 e. The van der Waals surface area contributed by atoms with Gasteiger partial charge in [0.25, 0.3) is 0 Å². The number of nitrogens with zero attached hydrogens (tertiary/aromatic N) is 3. The summed E-state index contributed by atoms with van der Waals surface area (Å²) in [6.45, 7) is 1.47. The molecule has 1 aromatic carbocycles. The molecular formula is C17H23FN3O4-. The molecule has 3 rings (SSSR count). The maximum atomic E-state index is 14.4. The average molecular weight is 352 g/mol. The first-order chi connectivity index (χ1) is 11.9. The third-order valence-corrected chi connectivity index (χ3v) is 5.45. The quantitative estimate of drug-likeness (QED) is 0.642. The van der Waals surface area contributed by atoms with Gasteiger partial charge >= 0.3 is 5.97 Å². The molecule has 0 radical (unpaired) electrons. The molecule has 25 heavy (non-hydrogen) atoms. The second-order valence-corrected chi connectivity index (χ2v) is 6.74. The van der Waals surface area contributed by atoms with Crippen molar-refractivity contribution >= 4 is 17.3 Å². The van der Waals surface area contributed by atoms with Crippen LogP contribution >= 0.6 is 0 Å². The van der Waals surface area contributed by atoms with Crippen molar-refractivity contribution in [3.8, 4) is 0 Å². The molecule has 1 N–H and O–H groups in total. The molecule has 2 aliphatic rings. The van der Waals surface area contributed by atoms with Crippen LogP contribution < -0.4 is 10.1 Å². The van der Waals surface area contributed by atoms with Crippen molar-refractivity contribution in [2.24, 2.45) is 0 Å². The Bertz CT molecular complexity index is 643. The molecule has 0 amide bonds. The fourth-order valence-electron chi connectivity index (χ4n) is 3.76. The average Bonchev–Trinajstić information content (AvgIpc) is 3.42. The van der Waals surface area contributed by atoms with Crippen LogP contribution in [0.25, 0.3) is 0 Å². The summed E-state index contributed by atoms with van der Waals surface area (Å²) in [7, 11) is 3.20. The molecule has 0 bridgehead atoms. The number of hydrogen-bond donors (Lipinski definition) is 1. The van der Waals surface area contributed by atoms with Gasteiger partial charge in [-0.1, -0.05) is 6.07 Å². The molecule has 1 heterocycles. The van der Waals surface area contributed by atoms with Crippen molar-refractivity contribution in [3.05, 3.63) is 29.2 Å². The molecule has 7 nitrogen and oxygen atoms in total. The van der Waals surface area contributed by atoms with E-state index < -0.39 is 22.3 Å². The molecular weight excluding hydrogens is 329 g/mol. The molecule has 1 saturated heterocycles. The number of likely N-dealkylation sites (tertiary alicyclic amines) is 1. The maximum Gasteiger partial charge on any atom is 0.326 e. The monoisotopic (exact) mass is 352 g/mol. The molecule has 0 unspecified atom stereocenters. The topological polar surface area (TPSA) is 79.3 Å². The standard InChI is InChI=1S/C17H23FN3O4/c1-19(13-4-3-5-14(15(13)18)21(23)24)12-6-10-20(11-7-12)17(8-9-17)16(22)25-2/h3-5,12,23H,6-11H2,1-2H3/q-1. The predicted octanol–water partition coefficient (Wildman–Crippen LogP) is 2.13. The van der Waals surface area contributed by atoms with E-state index >= 15 is 0 Å². The summed E-state index contributed by atoms with van der Waals surface area (Å²) in [5.41, 5.74) is -0.576. The van der Waals surface area contributed by atoms with E-state index in [1.54, 1.807) is 18.0 Å². The molecule has 1 aromatic rings. The predicted molar refractivity (Wildman–Crippen MR) is 91.0 cm³/mol. The van der Waals surface area contributed by atoms with Crippen LogP contribution in [0.15, 0.2) is 18.2 Å². The smallest absolute Gasteiger partial charge is 0.326 e. The van der Waals surface area contributed by atoms with Crippen LogP contribution in [-0.4, -0.2) is 54.9 Å². The number of carbonyl (C=O) groups is 1. The van der Waals surface area contributed by atoms with Crippen LogP contribution in [0, 0.1) is 11.0 Å². The van der Waals surface area contributed by atoms with Crippen LogP contribution in [0.4, 0.5) is 15.8 Å². The number of carbonyl (C=O) groups excluding carboxylic acids is 1. The Hall–Kier alpha value is -1.90. The summed E-state index contributed by atoms with van der Waals surface area (Å²) in [6.07, 6.45) is 3.21. The Morgan fingerprint density at radius 1 is 1.36 bits per heavy atom. The summed E-state index contributed by atoms with van der Waals surface area (Å²) in [5, 5.41) is 19.6. The Balaban J connectivity index is 1.67. The lowest BCUT2D eigenvalue weighted by Crippen LogP contribution is -2.51. The van der Waals surface area contributed by atoms with E-state index in [1.165, 1.54) is 19.2 Å². The molecule has 138 valence electrons. The second kappa shape index (κ2) is 6.78. The van der Waals surface area contributed by atoms with E-state index in [-0.39, 0.29) is 17.7 Å². The Morgan fingerprint density at radius 2 is 1.96 bits per heavy atom. The number of anilines is 2. The molecule has 1 aliphatic carbocycles. The minimum absolute atomic E-state index is 0.0910. The summed E-state index contributed by atoms with van der Waals surface area (Å²) >= 11 is 0. The van der Waals surface area contributed by atoms with Crippen LogP contribution in [0.5, 0.6) is 0 Å². The highest BCUT2D eigenvalue weighted by Gasteiger charge is 2.56. The highest BCUT2D eigenvalue weighted by atomic mass is 19.1. The molecule has 0 spiro atoms. The first kappa shape index (κ1) is 17.9. The summed E-state index contributed by atoms with van der Waals surface area (Å²) in [5.74, 6) is -0.908. The number of esters is 1. The van der Waals surface area contributed by atoms with Crippen molar-refractivity contribution in [2.45, 2.75) is 37.3 Å². The zero-order valence-electron chi connectivity index (χ0n) is 14.4. The lowest BCUT2D eigenvalue weighted by Gasteiger charge is -2.40. The van der Waals surface area contributed by atoms with E-state index in [1.807, 2.05) is 0 Å². The van der Waals surface area contributed by atoms with Gasteiger partial charge in [0.05, 0.1) is 18.5 Å². The van der Waals surface area contributed by atoms with E-state index in [9.17, 15) is 14.4 Å². The lowest BCUT2D eigenvalue weighted by atomic mass is 10.00. The number of halogens is 1. The van der Waals surface area contributed by atoms with Crippen LogP contribution in [-0.2, 0) is 9.53 Å². The SMILES string of the molecule is COC(=O)C1(N2CCC(N(C)c3cccc(N([O-])O)c3F)CC2)CC1. The normalized spacial score (nSPS) is 20.2. The van der Waals surface area contributed by atoms with Crippen molar-refractivity contribution in [1.82, 2.24) is 4.90 Å². The van der Waals surface area contributed by atoms with Crippen molar-refractivity contribution < 1.29 is 19.1 Å². The van der Waals surface area contributed by atoms with Gasteiger partial charge in [-0.2, -0.15) is 0 Å². The highest BCUT2D eigenvalue weighted by molar-refractivity contribution is 5.84. The zero-order valence-corrected chi connectivity index (χ0v) is 14.4. The zero-order chi connectivity index (χ0) is 18.2. The summed E-state index contributed by atoms with van der Waals surface area (Å²) < 4.78 is 19.4. The van der Waals surface area contributed by atoms with Crippen LogP contribution in [0.2, 0.25) is 0 Å². The lowest BCUT2D eigenvalue weighted by molar-refractivity contribution is -0.149. The van der Waals surface area contributed by atoms with E-state index in [0.717, 1.165) is 38.8 Å². The first-order valence-electron chi connectivity index (χ1n) is 8.41. The van der Waals surface area contributed by atoms with Gasteiger partial charge in [0.1, 0.15) is 5.54 Å². The number of benzene rings is 1. The molecule has 0 atom stereocenters. The van der Waals surface area contributed by atoms with E-state index in [0.29, 0.717) is 0 Å². The molecule has 0 aromatic heterocycles. The number of ether oxygens (including phenoxy) is 1. The molecule has 2 fully saturated rings. The number of rotatable bonds is 5. The molecule has 8 heteroatoms. The van der Waals surface area contributed by atoms with Gasteiger partial charge in [0.2, 0.25) is 0 Å². The van der Waals surface area contributed by atoms with Crippen molar-refractivity contribution in [3.63, 3.8) is 0 Å². The Labute approximate surface area is 146 Å². The van der Waals surface area contributed by atoms with Gasteiger partial charge < -0.3 is 20.1 Å². The van der Waals surface area contributed by atoms with Gasteiger partial charge in [0, 0.05) is 26.2 Å². The van der Waals surface area contributed by atoms with E-state index in [4.69, 9.17) is 9.94 Å². The number of hydrogen-bond acceptors (Lipinski definition) is 7. The summed E-state index contributed by atoms with van der Waals surface area (Å²) in [4.78, 5) is 16.0. The Kier molecular flexibility index (Phi) is 4.86. The first-order valence-corrected chi connectivity index (χ1v) is 8.41. The molecule has 1 aliphatic heterocycles.